The first-order valence-electron chi connectivity index (χ1n) is 7.84. The molecule has 0 atom stereocenters. The minimum absolute atomic E-state index is 0.0607. The number of nitrogens with zero attached hydrogens (tertiary/aromatic N) is 2. The van der Waals surface area contributed by atoms with E-state index < -0.39 is 5.91 Å². The minimum Gasteiger partial charge on any atom is -0.484 e. The van der Waals surface area contributed by atoms with Crippen LogP contribution in [0.25, 0.3) is 0 Å². The van der Waals surface area contributed by atoms with E-state index in [9.17, 15) is 14.0 Å². The zero-order valence-electron chi connectivity index (χ0n) is 13.7. The molecule has 0 radical (unpaired) electrons. The molecule has 0 spiro atoms. The standard InChI is InChI=1S/C18H16FN3O3S/c19-14-6-8-15(9-7-14)25-11-16(23)20-21-18-22(17(24)12-26-18)10-13-4-2-1-3-5-13/h1-9H,10-12H2,(H,20,23)/b21-18+. The number of hydrogen-bond acceptors (Lipinski definition) is 5. The molecule has 6 nitrogen and oxygen atoms in total. The lowest BCUT2D eigenvalue weighted by Crippen LogP contribution is -2.32. The fraction of sp³-hybridized carbons (Fsp3) is 0.167. The number of amidine groups is 1. The Morgan fingerprint density at radius 2 is 1.92 bits per heavy atom. The Kier molecular flexibility index (Phi) is 5.85. The van der Waals surface area contributed by atoms with Crippen molar-refractivity contribution in [1.82, 2.24) is 10.3 Å². The highest BCUT2D eigenvalue weighted by Gasteiger charge is 2.28. The first kappa shape index (κ1) is 17.9. The van der Waals surface area contributed by atoms with E-state index in [-0.39, 0.29) is 24.1 Å². The third-order valence-electron chi connectivity index (χ3n) is 3.50. The summed E-state index contributed by atoms with van der Waals surface area (Å²) >= 11 is 1.27. The number of carbonyl (C=O) groups is 2. The second-order valence-electron chi connectivity index (χ2n) is 5.43. The molecular weight excluding hydrogens is 357 g/mol. The van der Waals surface area contributed by atoms with E-state index in [0.29, 0.717) is 17.5 Å². The van der Waals surface area contributed by atoms with Crippen LogP contribution in [0.2, 0.25) is 0 Å². The van der Waals surface area contributed by atoms with Crippen molar-refractivity contribution in [3.05, 3.63) is 66.0 Å². The number of hydrogen-bond donors (Lipinski definition) is 1. The number of ether oxygens (including phenoxy) is 1. The lowest BCUT2D eigenvalue weighted by Gasteiger charge is -2.15. The second kappa shape index (κ2) is 8.48. The summed E-state index contributed by atoms with van der Waals surface area (Å²) in [5.74, 6) is -0.246. The lowest BCUT2D eigenvalue weighted by atomic mass is 10.2. The number of halogens is 1. The van der Waals surface area contributed by atoms with Crippen LogP contribution in [0.1, 0.15) is 5.56 Å². The van der Waals surface area contributed by atoms with Gasteiger partial charge in [-0.15, -0.1) is 5.10 Å². The Balaban J connectivity index is 1.55. The van der Waals surface area contributed by atoms with Gasteiger partial charge >= 0.3 is 0 Å². The lowest BCUT2D eigenvalue weighted by molar-refractivity contribution is -0.125. The predicted molar refractivity (Wildman–Crippen MR) is 96.9 cm³/mol. The Morgan fingerprint density at radius 3 is 2.65 bits per heavy atom. The van der Waals surface area contributed by atoms with E-state index in [2.05, 4.69) is 10.5 Å². The third kappa shape index (κ3) is 4.82. The van der Waals surface area contributed by atoms with Gasteiger partial charge in [-0.1, -0.05) is 42.1 Å². The van der Waals surface area contributed by atoms with E-state index in [1.165, 1.54) is 40.9 Å². The molecule has 1 aliphatic heterocycles. The summed E-state index contributed by atoms with van der Waals surface area (Å²) in [4.78, 5) is 25.4. The van der Waals surface area contributed by atoms with Gasteiger partial charge in [-0.25, -0.2) is 9.82 Å². The highest BCUT2D eigenvalue weighted by atomic mass is 32.2. The average Bonchev–Trinajstić information content (AvgIpc) is 3.00. The van der Waals surface area contributed by atoms with Crippen molar-refractivity contribution in [1.29, 1.82) is 0 Å². The number of thioether (sulfide) groups is 1. The molecule has 2 aromatic rings. The molecule has 3 rings (SSSR count). The molecule has 1 aliphatic rings. The van der Waals surface area contributed by atoms with Gasteiger partial charge in [0.15, 0.2) is 11.8 Å². The summed E-state index contributed by atoms with van der Waals surface area (Å²) < 4.78 is 18.1. The number of hydrazone groups is 1. The topological polar surface area (TPSA) is 71.0 Å². The monoisotopic (exact) mass is 373 g/mol. The molecule has 26 heavy (non-hydrogen) atoms. The maximum atomic E-state index is 12.8. The second-order valence-corrected chi connectivity index (χ2v) is 6.37. The average molecular weight is 373 g/mol. The Bertz CT molecular complexity index is 812. The van der Waals surface area contributed by atoms with E-state index in [1.807, 2.05) is 30.3 Å². The van der Waals surface area contributed by atoms with Crippen molar-refractivity contribution in [2.45, 2.75) is 6.54 Å². The Labute approximate surface area is 154 Å². The molecule has 1 fully saturated rings. The van der Waals surface area contributed by atoms with Gasteiger partial charge < -0.3 is 4.74 Å². The minimum atomic E-state index is -0.471. The van der Waals surface area contributed by atoms with Crippen LogP contribution in [0, 0.1) is 5.82 Å². The first-order chi connectivity index (χ1) is 12.6. The van der Waals surface area contributed by atoms with Crippen LogP contribution in [0.3, 0.4) is 0 Å². The Morgan fingerprint density at radius 1 is 1.19 bits per heavy atom. The molecular formula is C18H16FN3O3S. The third-order valence-corrected chi connectivity index (χ3v) is 4.46. The van der Waals surface area contributed by atoms with Gasteiger partial charge in [0.25, 0.3) is 5.91 Å². The molecule has 0 aliphatic carbocycles. The van der Waals surface area contributed by atoms with Crippen LogP contribution < -0.4 is 10.2 Å². The summed E-state index contributed by atoms with van der Waals surface area (Å²) in [5, 5.41) is 4.46. The van der Waals surface area contributed by atoms with Crippen LogP contribution in [-0.2, 0) is 16.1 Å². The van der Waals surface area contributed by atoms with Crippen LogP contribution >= 0.6 is 11.8 Å². The number of benzene rings is 2. The molecule has 1 heterocycles. The molecule has 1 saturated heterocycles. The molecule has 2 amide bonds. The van der Waals surface area contributed by atoms with Gasteiger partial charge in [-0.05, 0) is 29.8 Å². The molecule has 0 unspecified atom stereocenters. The summed E-state index contributed by atoms with van der Waals surface area (Å²) in [6, 6.07) is 14.9. The fourth-order valence-corrected chi connectivity index (χ4v) is 3.07. The smallest absolute Gasteiger partial charge is 0.278 e. The zero-order valence-corrected chi connectivity index (χ0v) is 14.5. The van der Waals surface area contributed by atoms with Crippen molar-refractivity contribution in [2.24, 2.45) is 5.10 Å². The summed E-state index contributed by atoms with van der Waals surface area (Å²) in [7, 11) is 0. The quantitative estimate of drug-likeness (QED) is 0.789. The Hall–Kier alpha value is -2.87. The molecule has 0 saturated carbocycles. The number of carbonyl (C=O) groups excluding carboxylic acids is 2. The normalized spacial score (nSPS) is 15.3. The first-order valence-corrected chi connectivity index (χ1v) is 8.82. The van der Waals surface area contributed by atoms with Crippen LogP contribution in [-0.4, -0.2) is 34.2 Å². The predicted octanol–water partition coefficient (Wildman–Crippen LogP) is 2.37. The molecule has 1 N–H and O–H groups in total. The van der Waals surface area contributed by atoms with Crippen LogP contribution in [0.15, 0.2) is 59.7 Å². The van der Waals surface area contributed by atoms with E-state index >= 15 is 0 Å². The molecule has 8 heteroatoms. The van der Waals surface area contributed by atoms with Gasteiger partial charge in [0.2, 0.25) is 5.91 Å². The maximum absolute atomic E-state index is 12.8. The number of amides is 2. The van der Waals surface area contributed by atoms with Gasteiger partial charge in [0, 0.05) is 0 Å². The molecule has 134 valence electrons. The zero-order chi connectivity index (χ0) is 18.4. The summed E-state index contributed by atoms with van der Waals surface area (Å²) in [6.07, 6.45) is 0. The molecule has 0 aromatic heterocycles. The number of rotatable bonds is 6. The highest BCUT2D eigenvalue weighted by Crippen LogP contribution is 2.21. The fourth-order valence-electron chi connectivity index (χ4n) is 2.23. The van der Waals surface area contributed by atoms with Crippen molar-refractivity contribution >= 4 is 28.7 Å². The van der Waals surface area contributed by atoms with Crippen molar-refractivity contribution < 1.29 is 18.7 Å². The summed E-state index contributed by atoms with van der Waals surface area (Å²) in [6.45, 7) is 0.132. The van der Waals surface area contributed by atoms with Gasteiger partial charge in [-0.3, -0.25) is 14.5 Å². The maximum Gasteiger partial charge on any atom is 0.278 e. The highest BCUT2D eigenvalue weighted by molar-refractivity contribution is 8.15. The van der Waals surface area contributed by atoms with Crippen molar-refractivity contribution in [3.63, 3.8) is 0 Å². The van der Waals surface area contributed by atoms with Gasteiger partial charge in [0.05, 0.1) is 12.3 Å². The van der Waals surface area contributed by atoms with Crippen LogP contribution in [0.4, 0.5) is 4.39 Å². The molecule has 2 aromatic carbocycles. The van der Waals surface area contributed by atoms with Crippen molar-refractivity contribution in [3.8, 4) is 5.75 Å². The SMILES string of the molecule is O=C(COc1ccc(F)cc1)N/N=C1/SCC(=O)N1Cc1ccccc1. The van der Waals surface area contributed by atoms with Gasteiger partial charge in [-0.2, -0.15) is 0 Å². The van der Waals surface area contributed by atoms with Gasteiger partial charge in [0.1, 0.15) is 11.6 Å². The van der Waals surface area contributed by atoms with E-state index in [0.717, 1.165) is 5.56 Å². The number of nitrogens with one attached hydrogen (secondary N) is 1. The molecule has 0 bridgehead atoms. The summed E-state index contributed by atoms with van der Waals surface area (Å²) in [5.41, 5.74) is 3.35. The largest absolute Gasteiger partial charge is 0.484 e. The van der Waals surface area contributed by atoms with E-state index in [1.54, 1.807) is 0 Å². The van der Waals surface area contributed by atoms with E-state index in [4.69, 9.17) is 4.74 Å². The van der Waals surface area contributed by atoms with Crippen molar-refractivity contribution in [2.75, 3.05) is 12.4 Å². The van der Waals surface area contributed by atoms with Crippen LogP contribution in [0.5, 0.6) is 5.75 Å².